The summed E-state index contributed by atoms with van der Waals surface area (Å²) in [6.07, 6.45) is 23.5. The van der Waals surface area contributed by atoms with Crippen LogP contribution in [0.4, 0.5) is 16.0 Å². The predicted molar refractivity (Wildman–Crippen MR) is 211 cm³/mol. The summed E-state index contributed by atoms with van der Waals surface area (Å²) >= 11 is 0. The molecule has 4 heterocycles. The smallest absolute Gasteiger partial charge is 0.234 e. The van der Waals surface area contributed by atoms with Crippen LogP contribution in [0.25, 0.3) is 0 Å². The molecule has 5 unspecified atom stereocenters. The molecule has 2 aromatic rings. The zero-order chi connectivity index (χ0) is 37.5. The molecular formula is C43H49FN8O2. The molecule has 8 rings (SSSR count). The molecule has 2 aliphatic heterocycles. The van der Waals surface area contributed by atoms with Gasteiger partial charge in [0, 0.05) is 70.0 Å². The van der Waals surface area contributed by atoms with Crippen LogP contribution >= 0.6 is 0 Å². The minimum atomic E-state index is -1.24. The van der Waals surface area contributed by atoms with Gasteiger partial charge in [0.15, 0.2) is 11.6 Å². The lowest BCUT2D eigenvalue weighted by Crippen LogP contribution is -2.21. The molecule has 2 aromatic heterocycles. The predicted octanol–water partition coefficient (Wildman–Crippen LogP) is 8.73. The van der Waals surface area contributed by atoms with Crippen molar-refractivity contribution in [3.8, 4) is 0 Å². The van der Waals surface area contributed by atoms with Crippen molar-refractivity contribution >= 4 is 34.9 Å². The largest absolute Gasteiger partial charge is 0.309 e. The molecule has 7 atom stereocenters. The Morgan fingerprint density at radius 1 is 0.815 bits per heavy atom. The molecule has 2 fully saturated rings. The van der Waals surface area contributed by atoms with Gasteiger partial charge in [0.05, 0.1) is 11.8 Å². The average Bonchev–Trinajstić information content (AvgIpc) is 3.94. The van der Waals surface area contributed by atoms with Gasteiger partial charge in [-0.3, -0.25) is 29.8 Å². The quantitative estimate of drug-likeness (QED) is 0.172. The molecule has 6 aliphatic rings. The summed E-state index contributed by atoms with van der Waals surface area (Å²) in [6.45, 7) is 7.83. The molecule has 2 saturated carbocycles. The van der Waals surface area contributed by atoms with Crippen molar-refractivity contribution in [3.05, 3.63) is 106 Å². The third-order valence-electron chi connectivity index (χ3n) is 11.7. The molecule has 4 N–H and O–H groups in total. The van der Waals surface area contributed by atoms with Crippen molar-refractivity contribution in [1.29, 1.82) is 0 Å². The van der Waals surface area contributed by atoms with Crippen LogP contribution < -0.4 is 10.6 Å². The molecule has 0 bridgehead atoms. The zero-order valence-corrected chi connectivity index (χ0v) is 31.4. The van der Waals surface area contributed by atoms with E-state index in [4.69, 9.17) is 9.98 Å². The number of carbonyl (C=O) groups excluding carboxylic acids is 2. The van der Waals surface area contributed by atoms with Crippen molar-refractivity contribution in [2.24, 2.45) is 39.6 Å². The first-order chi connectivity index (χ1) is 26.1. The fraction of sp³-hybridized carbons (Fsp3) is 0.442. The maximum absolute atomic E-state index is 15.8. The van der Waals surface area contributed by atoms with Gasteiger partial charge in [-0.25, -0.2) is 4.39 Å². The number of nitrogens with zero attached hydrogens (tertiary/aromatic N) is 4. The van der Waals surface area contributed by atoms with E-state index in [1.807, 2.05) is 51.1 Å². The van der Waals surface area contributed by atoms with Gasteiger partial charge in [-0.1, -0.05) is 47.6 Å². The summed E-state index contributed by atoms with van der Waals surface area (Å²) in [6, 6.07) is 3.81. The number of aliphatic imine (C=N–C) groups is 2. The van der Waals surface area contributed by atoms with Crippen LogP contribution in [0.2, 0.25) is 0 Å². The number of carbonyl (C=O) groups is 2. The number of fused-ring (bicyclic) bond motifs is 2. The number of alkyl halides is 1. The van der Waals surface area contributed by atoms with E-state index in [0.29, 0.717) is 29.5 Å². The van der Waals surface area contributed by atoms with E-state index in [0.717, 1.165) is 78.3 Å². The van der Waals surface area contributed by atoms with Gasteiger partial charge in [0.25, 0.3) is 0 Å². The molecule has 280 valence electrons. The Kier molecular flexibility index (Phi) is 9.89. The SMILES string of the molecule is CC1=CCCC2C=C([C@@H](C)C(=O)Nc3cc(C4CC4/C(C)=C/C(F)C4=CCCC5C=C([C@@H](C)C(=O)Nc6cc(C7CC7)[nH]n6)N=C5C=C4)[nH]n3)N=C2C=C1. The van der Waals surface area contributed by atoms with E-state index in [9.17, 15) is 9.59 Å². The lowest BCUT2D eigenvalue weighted by Gasteiger charge is -2.13. The molecule has 11 heteroatoms. The molecule has 0 spiro atoms. The number of halogens is 1. The van der Waals surface area contributed by atoms with Crippen molar-refractivity contribution in [2.45, 2.75) is 90.6 Å². The van der Waals surface area contributed by atoms with Crippen LogP contribution in [0.3, 0.4) is 0 Å². The maximum Gasteiger partial charge on any atom is 0.234 e. The Morgan fingerprint density at radius 3 is 2.02 bits per heavy atom. The van der Waals surface area contributed by atoms with Crippen LogP contribution in [0.15, 0.2) is 105 Å². The van der Waals surface area contributed by atoms with Gasteiger partial charge < -0.3 is 10.6 Å². The van der Waals surface area contributed by atoms with Gasteiger partial charge >= 0.3 is 0 Å². The van der Waals surface area contributed by atoms with E-state index >= 15 is 4.39 Å². The summed E-state index contributed by atoms with van der Waals surface area (Å²) in [5, 5.41) is 20.6. The second-order valence-corrected chi connectivity index (χ2v) is 15.8. The maximum atomic E-state index is 15.8. The summed E-state index contributed by atoms with van der Waals surface area (Å²) < 4.78 is 15.8. The number of aromatic amines is 2. The third kappa shape index (κ3) is 7.86. The normalized spacial score (nSPS) is 26.6. The van der Waals surface area contributed by atoms with Gasteiger partial charge in [-0.2, -0.15) is 10.2 Å². The summed E-state index contributed by atoms with van der Waals surface area (Å²) in [5.41, 5.74) is 8.26. The van der Waals surface area contributed by atoms with E-state index in [1.54, 1.807) is 6.08 Å². The average molecular weight is 729 g/mol. The van der Waals surface area contributed by atoms with Crippen molar-refractivity contribution < 1.29 is 14.0 Å². The highest BCUT2D eigenvalue weighted by atomic mass is 19.1. The highest BCUT2D eigenvalue weighted by Crippen LogP contribution is 2.51. The first kappa shape index (κ1) is 35.8. The second-order valence-electron chi connectivity index (χ2n) is 15.8. The number of amides is 2. The topological polar surface area (TPSA) is 140 Å². The van der Waals surface area contributed by atoms with Gasteiger partial charge in [-0.15, -0.1) is 0 Å². The van der Waals surface area contributed by atoms with Crippen LogP contribution in [0, 0.1) is 29.6 Å². The van der Waals surface area contributed by atoms with Crippen LogP contribution in [-0.4, -0.2) is 49.8 Å². The highest BCUT2D eigenvalue weighted by Gasteiger charge is 2.41. The number of allylic oxidation sites excluding steroid dienone is 12. The monoisotopic (exact) mass is 728 g/mol. The molecule has 0 aromatic carbocycles. The Labute approximate surface area is 315 Å². The van der Waals surface area contributed by atoms with Gasteiger partial charge in [-0.05, 0) is 102 Å². The summed E-state index contributed by atoms with van der Waals surface area (Å²) in [7, 11) is 0. The van der Waals surface area contributed by atoms with Gasteiger partial charge in [0.2, 0.25) is 11.8 Å². The van der Waals surface area contributed by atoms with Crippen molar-refractivity contribution in [2.75, 3.05) is 10.6 Å². The van der Waals surface area contributed by atoms with Crippen LogP contribution in [0.5, 0.6) is 0 Å². The third-order valence-corrected chi connectivity index (χ3v) is 11.7. The molecule has 2 amide bonds. The minimum absolute atomic E-state index is 0.0953. The van der Waals surface area contributed by atoms with Crippen molar-refractivity contribution in [1.82, 2.24) is 20.4 Å². The van der Waals surface area contributed by atoms with E-state index in [2.05, 4.69) is 68.3 Å². The molecule has 0 radical (unpaired) electrons. The number of hydrogen-bond donors (Lipinski definition) is 4. The second kappa shape index (κ2) is 14.9. The van der Waals surface area contributed by atoms with E-state index in [-0.39, 0.29) is 35.5 Å². The van der Waals surface area contributed by atoms with E-state index in [1.165, 1.54) is 5.57 Å². The lowest BCUT2D eigenvalue weighted by molar-refractivity contribution is -0.119. The Bertz CT molecular complexity index is 2120. The highest BCUT2D eigenvalue weighted by molar-refractivity contribution is 6.03. The fourth-order valence-electron chi connectivity index (χ4n) is 7.87. The minimum Gasteiger partial charge on any atom is -0.309 e. The van der Waals surface area contributed by atoms with Crippen LogP contribution in [0.1, 0.15) is 95.9 Å². The number of nitrogens with one attached hydrogen (secondary N) is 4. The summed E-state index contributed by atoms with van der Waals surface area (Å²) in [5.74, 6) is 1.16. The number of aromatic nitrogens is 4. The Morgan fingerprint density at radius 2 is 1.39 bits per heavy atom. The zero-order valence-electron chi connectivity index (χ0n) is 31.4. The fourth-order valence-corrected chi connectivity index (χ4v) is 7.87. The van der Waals surface area contributed by atoms with Crippen LogP contribution in [-0.2, 0) is 9.59 Å². The van der Waals surface area contributed by atoms with Crippen molar-refractivity contribution in [3.63, 3.8) is 0 Å². The molecule has 4 aliphatic carbocycles. The van der Waals surface area contributed by atoms with E-state index < -0.39 is 18.0 Å². The number of H-pyrrole nitrogens is 2. The molecule has 0 saturated heterocycles. The standard InChI is InChI=1S/C43H49FN8O2/c1-23-7-5-9-29-18-36(45-34(29)15-11-23)25(3)43(54)48-41-22-39(50-52-41)32-20-31(32)24(2)17-33(44)27-8-6-10-30-19-37(46-35(30)16-14-27)26(4)42(53)47-40-21-38(49-51-40)28-12-13-28/h7-8,11,14-19,21-22,25-26,28-33H,5-6,9-10,12-13,20H2,1-4H3,(H2,47,49,51,53)(H2,48,50,52,54)/b15-11?,16-14?,23-7?,24-17+,27-8?/t25-,26-,29?,30?,31?,32?,33?/m1/s1. The number of rotatable bonds is 11. The molecule has 54 heavy (non-hydrogen) atoms. The number of anilines is 2. The Hall–Kier alpha value is -5.19. The first-order valence-corrected chi connectivity index (χ1v) is 19.5. The lowest BCUT2D eigenvalue weighted by atomic mass is 9.92. The molecular weight excluding hydrogens is 680 g/mol. The summed E-state index contributed by atoms with van der Waals surface area (Å²) in [4.78, 5) is 35.9. The Balaban J connectivity index is 0.836. The van der Waals surface area contributed by atoms with Gasteiger partial charge in [0.1, 0.15) is 6.17 Å². The molecule has 10 nitrogen and oxygen atoms in total. The number of hydrogen-bond acceptors (Lipinski definition) is 6. The first-order valence-electron chi connectivity index (χ1n) is 19.5.